The predicted octanol–water partition coefficient (Wildman–Crippen LogP) is 12.4. The van der Waals surface area contributed by atoms with E-state index in [2.05, 4.69) is 83.1 Å². The highest BCUT2D eigenvalue weighted by atomic mass is 19.1. The number of rotatable bonds is 4. The van der Waals surface area contributed by atoms with Gasteiger partial charge in [0, 0.05) is 5.54 Å². The van der Waals surface area contributed by atoms with Crippen LogP contribution in [0.3, 0.4) is 0 Å². The minimum atomic E-state index is -0.867. The average Bonchev–Trinajstić information content (AvgIpc) is 3.36. The molecule has 5 unspecified atom stereocenters. The fourth-order valence-corrected chi connectivity index (χ4v) is 12.5. The second-order valence-corrected chi connectivity index (χ2v) is 21.5. The van der Waals surface area contributed by atoms with Gasteiger partial charge in [0.15, 0.2) is 0 Å². The molecule has 7 saturated carbocycles. The molecule has 7 rings (SSSR count). The summed E-state index contributed by atoms with van der Waals surface area (Å²) in [6.07, 6.45) is 15.9. The SMILES string of the molecule is C.CC(C)C1C2CC3(C)CC1CC(O)(C2)C3.CC(C)C1CCC(C)(N)C1(C)C.CC(C)C1CCC(C)(O)CC1.CC(C)C1CCC[C@]1(C)F. The van der Waals surface area contributed by atoms with E-state index >= 15 is 0 Å². The Labute approximate surface area is 306 Å². The molecule has 7 aliphatic carbocycles. The predicted molar refractivity (Wildman–Crippen MR) is 211 cm³/mol. The fourth-order valence-electron chi connectivity index (χ4n) is 12.5. The molecule has 4 bridgehead atoms. The second-order valence-electron chi connectivity index (χ2n) is 21.5. The lowest BCUT2D eigenvalue weighted by Gasteiger charge is -2.63. The van der Waals surface area contributed by atoms with Gasteiger partial charge in [-0.1, -0.05) is 83.6 Å². The van der Waals surface area contributed by atoms with Crippen LogP contribution in [0.4, 0.5) is 4.39 Å². The van der Waals surface area contributed by atoms with Crippen molar-refractivity contribution in [1.29, 1.82) is 0 Å². The summed E-state index contributed by atoms with van der Waals surface area (Å²) in [6.45, 7) is 31.2. The molecule has 0 aromatic heterocycles. The van der Waals surface area contributed by atoms with Crippen molar-refractivity contribution < 1.29 is 14.6 Å². The zero-order valence-corrected chi connectivity index (χ0v) is 34.5. The number of nitrogens with two attached hydrogens (primary N) is 1. The molecule has 7 fully saturated rings. The maximum absolute atomic E-state index is 13.5. The fraction of sp³-hybridized carbons (Fsp3) is 1.00. The smallest absolute Gasteiger partial charge is 0.111 e. The number of hydrogen-bond donors (Lipinski definition) is 3. The van der Waals surface area contributed by atoms with E-state index in [0.29, 0.717) is 22.7 Å². The molecular formula is C45H88FNO2. The van der Waals surface area contributed by atoms with Crippen LogP contribution in [0.1, 0.15) is 194 Å². The molecular weight excluding hydrogens is 605 g/mol. The van der Waals surface area contributed by atoms with Gasteiger partial charge in [-0.2, -0.15) is 0 Å². The maximum atomic E-state index is 13.5. The highest BCUT2D eigenvalue weighted by molar-refractivity contribution is 5.10. The van der Waals surface area contributed by atoms with Gasteiger partial charge in [-0.25, -0.2) is 4.39 Å². The van der Waals surface area contributed by atoms with Crippen molar-refractivity contribution in [3.8, 4) is 0 Å². The minimum absolute atomic E-state index is 0. The molecule has 6 atom stereocenters. The van der Waals surface area contributed by atoms with E-state index in [0.717, 1.165) is 98.7 Å². The van der Waals surface area contributed by atoms with Crippen molar-refractivity contribution in [3.05, 3.63) is 0 Å². The highest BCUT2D eigenvalue weighted by Gasteiger charge is 2.59. The van der Waals surface area contributed by atoms with Crippen LogP contribution in [-0.2, 0) is 0 Å². The third-order valence-electron chi connectivity index (χ3n) is 15.4. The van der Waals surface area contributed by atoms with Crippen molar-refractivity contribution in [2.24, 2.45) is 75.7 Å². The molecule has 4 heteroatoms. The number of hydrogen-bond acceptors (Lipinski definition) is 3. The first-order valence-corrected chi connectivity index (χ1v) is 20.7. The molecule has 3 nitrogen and oxygen atoms in total. The Morgan fingerprint density at radius 1 is 0.612 bits per heavy atom. The zero-order valence-electron chi connectivity index (χ0n) is 34.5. The molecule has 0 spiro atoms. The lowest BCUT2D eigenvalue weighted by atomic mass is 9.44. The summed E-state index contributed by atoms with van der Waals surface area (Å²) >= 11 is 0. The molecule has 292 valence electrons. The van der Waals surface area contributed by atoms with E-state index in [-0.39, 0.29) is 24.2 Å². The lowest BCUT2D eigenvalue weighted by Crippen LogP contribution is -2.59. The Bertz CT molecular complexity index is 963. The van der Waals surface area contributed by atoms with Crippen molar-refractivity contribution in [1.82, 2.24) is 0 Å². The first kappa shape index (κ1) is 45.0. The summed E-state index contributed by atoms with van der Waals surface area (Å²) in [6, 6.07) is 0. The van der Waals surface area contributed by atoms with Crippen LogP contribution in [0.15, 0.2) is 0 Å². The molecule has 0 heterocycles. The van der Waals surface area contributed by atoms with Crippen LogP contribution in [0.5, 0.6) is 0 Å². The summed E-state index contributed by atoms with van der Waals surface area (Å²) in [5.74, 6) is 7.40. The summed E-state index contributed by atoms with van der Waals surface area (Å²) < 4.78 is 13.5. The molecule has 0 saturated heterocycles. The molecule has 0 radical (unpaired) electrons. The van der Waals surface area contributed by atoms with Crippen molar-refractivity contribution in [2.45, 2.75) is 217 Å². The lowest BCUT2D eigenvalue weighted by molar-refractivity contribution is -0.190. The van der Waals surface area contributed by atoms with Crippen LogP contribution < -0.4 is 5.73 Å². The van der Waals surface area contributed by atoms with Crippen LogP contribution >= 0.6 is 0 Å². The Kier molecular flexibility index (Phi) is 15.1. The third kappa shape index (κ3) is 10.9. The van der Waals surface area contributed by atoms with Gasteiger partial charge in [-0.15, -0.1) is 0 Å². The first-order valence-electron chi connectivity index (χ1n) is 20.7. The Hall–Kier alpha value is -0.190. The topological polar surface area (TPSA) is 66.5 Å². The third-order valence-corrected chi connectivity index (χ3v) is 15.4. The summed E-state index contributed by atoms with van der Waals surface area (Å²) in [5.41, 5.74) is 5.62. The standard InChI is InChI=1S/C14H24O.C11H23N.C10H20O.C9H17F.CH4/c1-9(2)12-10-4-13(3)5-11(12)7-14(15,6-10)8-13;1-8(2)9-6-7-11(5,12)10(9,3)4;1-8(2)9-4-6-10(3,11)7-5-9;1-7(2)8-5-4-6-9(8,3)10;/h9-12,15H,4-8H2,1-3H3;8-9H,6-7,12H2,1-5H3;8-9,11H,4-7H2,1-3H3;7-8H,4-6H2,1-3H3;1H4/t;;;8?,9-;/m...0./s1. The van der Waals surface area contributed by atoms with Crippen LogP contribution in [-0.4, -0.2) is 32.6 Å². The van der Waals surface area contributed by atoms with Crippen LogP contribution in [0, 0.1) is 70.0 Å². The van der Waals surface area contributed by atoms with E-state index in [1.807, 2.05) is 6.92 Å². The number of halogens is 1. The first-order chi connectivity index (χ1) is 21.7. The van der Waals surface area contributed by atoms with Gasteiger partial charge in [0.2, 0.25) is 0 Å². The van der Waals surface area contributed by atoms with Gasteiger partial charge in [0.25, 0.3) is 0 Å². The molecule has 0 aromatic rings. The van der Waals surface area contributed by atoms with Gasteiger partial charge in [-0.3, -0.25) is 0 Å². The molecule has 0 aliphatic heterocycles. The molecule has 7 aliphatic rings. The second kappa shape index (κ2) is 16.4. The van der Waals surface area contributed by atoms with Crippen LogP contribution in [0.2, 0.25) is 0 Å². The van der Waals surface area contributed by atoms with Gasteiger partial charge in [0.1, 0.15) is 5.67 Å². The largest absolute Gasteiger partial charge is 0.390 e. The highest BCUT2D eigenvalue weighted by Crippen LogP contribution is 2.64. The summed E-state index contributed by atoms with van der Waals surface area (Å²) in [7, 11) is 0. The van der Waals surface area contributed by atoms with E-state index in [9.17, 15) is 14.6 Å². The number of alkyl halides is 1. The minimum Gasteiger partial charge on any atom is -0.390 e. The zero-order chi connectivity index (χ0) is 36.7. The van der Waals surface area contributed by atoms with E-state index in [1.165, 1.54) is 38.5 Å². The Morgan fingerprint density at radius 3 is 1.39 bits per heavy atom. The monoisotopic (exact) mass is 694 g/mol. The van der Waals surface area contributed by atoms with Gasteiger partial charge in [0.05, 0.1) is 11.2 Å². The summed E-state index contributed by atoms with van der Waals surface area (Å²) in [4.78, 5) is 0. The quantitative estimate of drug-likeness (QED) is 0.275. The van der Waals surface area contributed by atoms with Crippen molar-refractivity contribution in [2.75, 3.05) is 0 Å². The van der Waals surface area contributed by atoms with Crippen LogP contribution in [0.25, 0.3) is 0 Å². The van der Waals surface area contributed by atoms with Gasteiger partial charge in [-0.05, 0) is 181 Å². The molecule has 4 N–H and O–H groups in total. The molecule has 49 heavy (non-hydrogen) atoms. The summed E-state index contributed by atoms with van der Waals surface area (Å²) in [5, 5.41) is 20.2. The van der Waals surface area contributed by atoms with E-state index in [4.69, 9.17) is 5.73 Å². The van der Waals surface area contributed by atoms with Crippen molar-refractivity contribution >= 4 is 0 Å². The normalized spacial score (nSPS) is 44.9. The van der Waals surface area contributed by atoms with Gasteiger partial charge < -0.3 is 15.9 Å². The van der Waals surface area contributed by atoms with Gasteiger partial charge >= 0.3 is 0 Å². The maximum Gasteiger partial charge on any atom is 0.111 e. The molecule has 0 amide bonds. The Morgan fingerprint density at radius 2 is 1.10 bits per heavy atom. The van der Waals surface area contributed by atoms with E-state index in [1.54, 1.807) is 6.92 Å². The van der Waals surface area contributed by atoms with Crippen molar-refractivity contribution in [3.63, 3.8) is 0 Å². The number of aliphatic hydroxyl groups is 2. The Balaban J connectivity index is 0.000000228. The average molecular weight is 694 g/mol. The molecule has 0 aromatic carbocycles. The van der Waals surface area contributed by atoms with E-state index < -0.39 is 5.67 Å².